The Balaban J connectivity index is 1.23. The lowest BCUT2D eigenvalue weighted by atomic mass is 9.91. The van der Waals surface area contributed by atoms with Crippen LogP contribution in [0.5, 0.6) is 11.5 Å². The molecule has 2 aromatic heterocycles. The molecule has 0 bridgehead atoms. The number of halogens is 1. The lowest BCUT2D eigenvalue weighted by molar-refractivity contribution is -0.169. The molecule has 210 valence electrons. The third-order valence-corrected chi connectivity index (χ3v) is 9.40. The van der Waals surface area contributed by atoms with Crippen molar-refractivity contribution in [3.8, 4) is 11.5 Å². The van der Waals surface area contributed by atoms with Crippen molar-refractivity contribution < 1.29 is 28.9 Å². The summed E-state index contributed by atoms with van der Waals surface area (Å²) in [7, 11) is 3.66. The van der Waals surface area contributed by atoms with E-state index in [0.717, 1.165) is 50.5 Å². The number of ether oxygens (including phenoxy) is 3. The molecule has 1 aromatic carbocycles. The highest BCUT2D eigenvalue weighted by Gasteiger charge is 2.45. The largest absolute Gasteiger partial charge is 0.496 e. The van der Waals surface area contributed by atoms with E-state index >= 15 is 0 Å². The second-order valence-corrected chi connectivity index (χ2v) is 12.0. The van der Waals surface area contributed by atoms with Gasteiger partial charge in [0, 0.05) is 30.6 Å². The number of methoxy groups -OCH3 is 1. The number of carbonyl (C=O) groups excluding carboxylic acids is 2. The fourth-order valence-electron chi connectivity index (χ4n) is 4.94. The first-order valence-corrected chi connectivity index (χ1v) is 15.1. The topological polar surface area (TPSA) is 85.3 Å². The highest BCUT2D eigenvalue weighted by Crippen LogP contribution is 2.38. The molecule has 0 saturated heterocycles. The van der Waals surface area contributed by atoms with Gasteiger partial charge < -0.3 is 29.0 Å². The van der Waals surface area contributed by atoms with Crippen LogP contribution in [-0.2, 0) is 26.3 Å². The summed E-state index contributed by atoms with van der Waals surface area (Å²) >= 11 is 9.03. The number of aldehydes is 1. The third kappa shape index (κ3) is 7.02. The molecule has 4 rings (SSSR count). The number of nitrogens with zero attached hydrogens (tertiary/aromatic N) is 1. The summed E-state index contributed by atoms with van der Waals surface area (Å²) < 4.78 is 17.1. The van der Waals surface area contributed by atoms with E-state index in [-0.39, 0.29) is 12.5 Å². The second-order valence-electron chi connectivity index (χ2n) is 9.65. The van der Waals surface area contributed by atoms with Gasteiger partial charge in [-0.25, -0.2) is 4.79 Å². The molecule has 1 aliphatic rings. The van der Waals surface area contributed by atoms with Gasteiger partial charge in [-0.1, -0.05) is 23.7 Å². The molecule has 0 unspecified atom stereocenters. The van der Waals surface area contributed by atoms with Gasteiger partial charge in [-0.2, -0.15) is 0 Å². The summed E-state index contributed by atoms with van der Waals surface area (Å²) in [5, 5.41) is 15.6. The summed E-state index contributed by atoms with van der Waals surface area (Å²) in [5.41, 5.74) is -1.04. The zero-order valence-corrected chi connectivity index (χ0v) is 24.5. The Bertz CT molecular complexity index is 1170. The number of aliphatic hydroxyl groups is 1. The highest BCUT2D eigenvalue weighted by molar-refractivity contribution is 7.12. The number of hydrogen-bond donors (Lipinski definition) is 1. The monoisotopic (exact) mass is 591 g/mol. The predicted molar refractivity (Wildman–Crippen MR) is 154 cm³/mol. The molecule has 39 heavy (non-hydrogen) atoms. The average Bonchev–Trinajstić information content (AvgIpc) is 3.68. The van der Waals surface area contributed by atoms with Crippen molar-refractivity contribution in [2.75, 3.05) is 27.3 Å². The van der Waals surface area contributed by atoms with Crippen molar-refractivity contribution in [3.63, 3.8) is 0 Å². The molecule has 10 heteroatoms. The first-order valence-electron chi connectivity index (χ1n) is 13.0. The molecule has 0 aliphatic heterocycles. The summed E-state index contributed by atoms with van der Waals surface area (Å²) in [6, 6.07) is 11.0. The minimum Gasteiger partial charge on any atom is -0.496 e. The Hall–Kier alpha value is -2.43. The van der Waals surface area contributed by atoms with Crippen molar-refractivity contribution in [3.05, 3.63) is 67.5 Å². The van der Waals surface area contributed by atoms with E-state index in [1.165, 1.54) is 22.7 Å². The van der Waals surface area contributed by atoms with E-state index in [1.807, 2.05) is 22.9 Å². The van der Waals surface area contributed by atoms with E-state index in [0.29, 0.717) is 38.9 Å². The summed E-state index contributed by atoms with van der Waals surface area (Å²) in [6.45, 7) is 1.35. The quantitative estimate of drug-likeness (QED) is 0.155. The number of rotatable bonds is 13. The van der Waals surface area contributed by atoms with Crippen LogP contribution >= 0.6 is 34.3 Å². The van der Waals surface area contributed by atoms with Gasteiger partial charge >= 0.3 is 5.97 Å². The first-order chi connectivity index (χ1) is 18.9. The lowest BCUT2D eigenvalue weighted by Gasteiger charge is -2.35. The zero-order chi connectivity index (χ0) is 27.8. The van der Waals surface area contributed by atoms with Gasteiger partial charge in [0.2, 0.25) is 5.60 Å². The zero-order valence-electron chi connectivity index (χ0n) is 22.1. The Morgan fingerprint density at radius 3 is 2.36 bits per heavy atom. The maximum absolute atomic E-state index is 13.2. The summed E-state index contributed by atoms with van der Waals surface area (Å²) in [4.78, 5) is 27.6. The van der Waals surface area contributed by atoms with Gasteiger partial charge in [-0.15, -0.1) is 22.7 Å². The molecule has 0 atom stereocenters. The van der Waals surface area contributed by atoms with E-state index < -0.39 is 11.6 Å². The number of thiophene rings is 2. The molecule has 1 saturated carbocycles. The van der Waals surface area contributed by atoms with Gasteiger partial charge in [0.05, 0.1) is 28.5 Å². The maximum atomic E-state index is 13.2. The van der Waals surface area contributed by atoms with E-state index in [1.54, 1.807) is 31.4 Å². The SMILES string of the molecule is COc1cc(OCCCN(C)[C@H]2CC[C@H](OC(=O)C(O)(c3cccs3)c3cccs3)CC2)c(Cl)cc1CC=O. The Morgan fingerprint density at radius 2 is 1.79 bits per heavy atom. The standard InChI is InChI=1S/C29H34ClNO6S2/c1-31(13-5-15-36-25-19-24(35-2)20(12-14-32)18-23(25)30)21-8-10-22(11-9-21)37-28(33)29(34,26-6-3-16-38-26)27-7-4-17-39-27/h3-4,6-7,14,16-19,21-22,34H,5,8-13,15H2,1-2H3/t21-,22-. The maximum Gasteiger partial charge on any atom is 0.349 e. The fourth-order valence-corrected chi connectivity index (χ4v) is 6.89. The van der Waals surface area contributed by atoms with Crippen molar-refractivity contribution in [2.45, 2.75) is 56.3 Å². The molecule has 2 heterocycles. The summed E-state index contributed by atoms with van der Waals surface area (Å²) in [5.74, 6) is 0.523. The van der Waals surface area contributed by atoms with Crippen LogP contribution in [0.3, 0.4) is 0 Å². The normalized spacial score (nSPS) is 17.7. The van der Waals surface area contributed by atoms with E-state index in [2.05, 4.69) is 11.9 Å². The van der Waals surface area contributed by atoms with Crippen molar-refractivity contribution >= 4 is 46.5 Å². The predicted octanol–water partition coefficient (Wildman–Crippen LogP) is 5.70. The van der Waals surface area contributed by atoms with Crippen LogP contribution < -0.4 is 9.47 Å². The van der Waals surface area contributed by atoms with Crippen molar-refractivity contribution in [2.24, 2.45) is 0 Å². The molecule has 1 fully saturated rings. The van der Waals surface area contributed by atoms with Crippen LogP contribution in [0.2, 0.25) is 5.02 Å². The second kappa shape index (κ2) is 13.8. The van der Waals surface area contributed by atoms with Gasteiger partial charge in [-0.05, 0) is 68.1 Å². The van der Waals surface area contributed by atoms with Gasteiger partial charge in [0.15, 0.2) is 0 Å². The molecular weight excluding hydrogens is 558 g/mol. The van der Waals surface area contributed by atoms with E-state index in [9.17, 15) is 14.7 Å². The number of hydrogen-bond acceptors (Lipinski definition) is 9. The molecule has 7 nitrogen and oxygen atoms in total. The van der Waals surface area contributed by atoms with Crippen LogP contribution in [0, 0.1) is 0 Å². The molecule has 1 N–H and O–H groups in total. The molecular formula is C29H34ClNO6S2. The number of benzene rings is 1. The van der Waals surface area contributed by atoms with Crippen molar-refractivity contribution in [1.82, 2.24) is 4.90 Å². The van der Waals surface area contributed by atoms with Crippen molar-refractivity contribution in [1.29, 1.82) is 0 Å². The molecule has 1 aliphatic carbocycles. The lowest BCUT2D eigenvalue weighted by Crippen LogP contribution is -2.42. The van der Waals surface area contributed by atoms with Crippen LogP contribution in [0.4, 0.5) is 0 Å². The number of esters is 1. The first kappa shape index (κ1) is 29.6. The van der Waals surface area contributed by atoms with Gasteiger partial charge in [0.25, 0.3) is 0 Å². The minimum absolute atomic E-state index is 0.212. The van der Waals surface area contributed by atoms with Gasteiger partial charge in [-0.3, -0.25) is 0 Å². The van der Waals surface area contributed by atoms with Crippen LogP contribution in [0.25, 0.3) is 0 Å². The Kier molecular flexibility index (Phi) is 10.4. The van der Waals surface area contributed by atoms with Crippen LogP contribution in [0.1, 0.15) is 47.4 Å². The fraction of sp³-hybridized carbons (Fsp3) is 0.448. The Labute approximate surface area is 242 Å². The van der Waals surface area contributed by atoms with Gasteiger partial charge in [0.1, 0.15) is 23.9 Å². The molecule has 0 radical (unpaired) electrons. The minimum atomic E-state index is -1.77. The highest BCUT2D eigenvalue weighted by atomic mass is 35.5. The van der Waals surface area contributed by atoms with E-state index in [4.69, 9.17) is 25.8 Å². The Morgan fingerprint density at radius 1 is 1.13 bits per heavy atom. The average molecular weight is 592 g/mol. The smallest absolute Gasteiger partial charge is 0.349 e. The number of carbonyl (C=O) groups is 2. The molecule has 0 amide bonds. The van der Waals surface area contributed by atoms with Crippen LogP contribution in [-0.4, -0.2) is 61.7 Å². The molecule has 3 aromatic rings. The van der Waals surface area contributed by atoms with Crippen LogP contribution in [0.15, 0.2) is 47.2 Å². The summed E-state index contributed by atoms with van der Waals surface area (Å²) in [6.07, 6.45) is 4.98. The third-order valence-electron chi connectivity index (χ3n) is 7.14. The molecule has 0 spiro atoms.